The molecule has 0 aliphatic carbocycles. The molecule has 0 bridgehead atoms. The van der Waals surface area contributed by atoms with E-state index in [2.05, 4.69) is 28.7 Å². The van der Waals surface area contributed by atoms with Crippen LogP contribution in [0.25, 0.3) is 0 Å². The first kappa shape index (κ1) is 14.5. The van der Waals surface area contributed by atoms with Crippen molar-refractivity contribution in [3.05, 3.63) is 16.3 Å². The summed E-state index contributed by atoms with van der Waals surface area (Å²) in [4.78, 5) is 20.6. The number of hydrogen-bond donors (Lipinski definition) is 1. The molecule has 1 aromatic rings. The smallest absolute Gasteiger partial charge is 0.329 e. The van der Waals surface area contributed by atoms with Crippen LogP contribution in [0, 0.1) is 16.0 Å². The Morgan fingerprint density at radius 3 is 3.00 bits per heavy atom. The van der Waals surface area contributed by atoms with Crippen LogP contribution < -0.4 is 10.6 Å². The van der Waals surface area contributed by atoms with Crippen LogP contribution in [0.3, 0.4) is 0 Å². The summed E-state index contributed by atoms with van der Waals surface area (Å²) >= 11 is 0. The van der Waals surface area contributed by atoms with Crippen LogP contribution in [-0.4, -0.2) is 27.5 Å². The highest BCUT2D eigenvalue weighted by molar-refractivity contribution is 5.54. The Kier molecular flexibility index (Phi) is 4.36. The molecule has 20 heavy (non-hydrogen) atoms. The van der Waals surface area contributed by atoms with Crippen molar-refractivity contribution < 1.29 is 4.92 Å². The highest BCUT2D eigenvalue weighted by atomic mass is 16.6. The topological polar surface area (TPSA) is 98.2 Å². The minimum absolute atomic E-state index is 0.0613. The normalized spacial score (nSPS) is 20.1. The summed E-state index contributed by atoms with van der Waals surface area (Å²) < 4.78 is 0. The van der Waals surface area contributed by atoms with E-state index in [1.165, 1.54) is 6.20 Å². The molecule has 0 radical (unpaired) electrons. The molecule has 2 unspecified atom stereocenters. The minimum Gasteiger partial charge on any atom is -0.378 e. The van der Waals surface area contributed by atoms with Gasteiger partial charge >= 0.3 is 5.69 Å². The van der Waals surface area contributed by atoms with Gasteiger partial charge in [0.25, 0.3) is 0 Å². The zero-order chi connectivity index (χ0) is 14.7. The summed E-state index contributed by atoms with van der Waals surface area (Å²) in [5.41, 5.74) is 5.42. The van der Waals surface area contributed by atoms with Crippen molar-refractivity contribution in [2.45, 2.75) is 45.6 Å². The van der Waals surface area contributed by atoms with Crippen molar-refractivity contribution in [3.63, 3.8) is 0 Å². The van der Waals surface area contributed by atoms with Crippen LogP contribution in [0.1, 0.15) is 39.5 Å². The Morgan fingerprint density at radius 1 is 1.65 bits per heavy atom. The zero-order valence-corrected chi connectivity index (χ0v) is 12.0. The Labute approximate surface area is 118 Å². The Balaban J connectivity index is 2.22. The number of anilines is 2. The van der Waals surface area contributed by atoms with Gasteiger partial charge in [0, 0.05) is 12.6 Å². The second kappa shape index (κ2) is 6.02. The molecule has 0 aromatic carbocycles. The maximum absolute atomic E-state index is 10.7. The monoisotopic (exact) mass is 279 g/mol. The first-order valence-corrected chi connectivity index (χ1v) is 7.08. The molecular weight excluding hydrogens is 258 g/mol. The number of rotatable bonds is 5. The average molecular weight is 279 g/mol. The molecule has 2 N–H and O–H groups in total. The van der Waals surface area contributed by atoms with Crippen LogP contribution in [0.15, 0.2) is 6.20 Å². The third kappa shape index (κ3) is 2.81. The van der Waals surface area contributed by atoms with E-state index in [4.69, 9.17) is 5.73 Å². The SMILES string of the molecule is CCCC(C)C1CCCN1c1ncc([N+](=O)[O-])c(N)n1. The maximum Gasteiger partial charge on any atom is 0.329 e. The summed E-state index contributed by atoms with van der Waals surface area (Å²) in [5, 5.41) is 10.7. The van der Waals surface area contributed by atoms with Gasteiger partial charge in [-0.05, 0) is 25.2 Å². The van der Waals surface area contributed by atoms with Gasteiger partial charge in [-0.2, -0.15) is 4.98 Å². The molecule has 1 aromatic heterocycles. The summed E-state index contributed by atoms with van der Waals surface area (Å²) in [6, 6.07) is 0.399. The van der Waals surface area contributed by atoms with Crippen LogP contribution in [0.2, 0.25) is 0 Å². The van der Waals surface area contributed by atoms with Crippen molar-refractivity contribution in [1.29, 1.82) is 0 Å². The summed E-state index contributed by atoms with van der Waals surface area (Å²) in [7, 11) is 0. The molecular formula is C13H21N5O2. The van der Waals surface area contributed by atoms with Gasteiger partial charge in [-0.15, -0.1) is 0 Å². The lowest BCUT2D eigenvalue weighted by molar-refractivity contribution is -0.384. The van der Waals surface area contributed by atoms with Gasteiger partial charge in [0.2, 0.25) is 11.8 Å². The molecule has 2 rings (SSSR count). The molecule has 1 aliphatic heterocycles. The van der Waals surface area contributed by atoms with Crippen molar-refractivity contribution in [1.82, 2.24) is 9.97 Å². The highest BCUT2D eigenvalue weighted by Gasteiger charge is 2.31. The fourth-order valence-corrected chi connectivity index (χ4v) is 2.94. The maximum atomic E-state index is 10.7. The van der Waals surface area contributed by atoms with Gasteiger partial charge in [0.15, 0.2) is 0 Å². The van der Waals surface area contributed by atoms with Crippen LogP contribution in [0.5, 0.6) is 0 Å². The van der Waals surface area contributed by atoms with Gasteiger partial charge in [-0.25, -0.2) is 4.98 Å². The van der Waals surface area contributed by atoms with E-state index >= 15 is 0 Å². The molecule has 2 atom stereocenters. The molecule has 1 aliphatic rings. The standard InChI is InChI=1S/C13H21N5O2/c1-3-5-9(2)10-6-4-7-17(10)13-15-8-11(18(19)20)12(14)16-13/h8-10H,3-7H2,1-2H3,(H2,14,15,16). The van der Waals surface area contributed by atoms with E-state index < -0.39 is 4.92 Å². The number of nitro groups is 1. The lowest BCUT2D eigenvalue weighted by atomic mass is 9.95. The summed E-state index contributed by atoms with van der Waals surface area (Å²) in [5.74, 6) is 1.01. The van der Waals surface area contributed by atoms with Gasteiger partial charge in [0.1, 0.15) is 6.20 Å². The molecule has 110 valence electrons. The van der Waals surface area contributed by atoms with Crippen LogP contribution >= 0.6 is 0 Å². The molecule has 0 spiro atoms. The quantitative estimate of drug-likeness (QED) is 0.656. The van der Waals surface area contributed by atoms with Gasteiger partial charge in [-0.3, -0.25) is 10.1 Å². The first-order chi connectivity index (χ1) is 9.54. The molecule has 7 nitrogen and oxygen atoms in total. The second-order valence-electron chi connectivity index (χ2n) is 5.37. The Morgan fingerprint density at radius 2 is 2.40 bits per heavy atom. The van der Waals surface area contributed by atoms with Crippen molar-refractivity contribution >= 4 is 17.5 Å². The van der Waals surface area contributed by atoms with Gasteiger partial charge in [0.05, 0.1) is 4.92 Å². The Hall–Kier alpha value is -1.92. The molecule has 7 heteroatoms. The van der Waals surface area contributed by atoms with Crippen molar-refractivity contribution in [2.24, 2.45) is 5.92 Å². The molecule has 0 amide bonds. The lowest BCUT2D eigenvalue weighted by Crippen LogP contribution is -2.35. The van der Waals surface area contributed by atoms with E-state index in [0.717, 1.165) is 32.2 Å². The fourth-order valence-electron chi connectivity index (χ4n) is 2.94. The third-order valence-electron chi connectivity index (χ3n) is 3.94. The van der Waals surface area contributed by atoms with Gasteiger partial charge < -0.3 is 10.6 Å². The van der Waals surface area contributed by atoms with E-state index in [0.29, 0.717) is 17.9 Å². The number of nitrogen functional groups attached to an aromatic ring is 1. The summed E-state index contributed by atoms with van der Waals surface area (Å²) in [6.07, 6.45) is 5.72. The van der Waals surface area contributed by atoms with E-state index in [-0.39, 0.29) is 11.5 Å². The van der Waals surface area contributed by atoms with E-state index in [9.17, 15) is 10.1 Å². The first-order valence-electron chi connectivity index (χ1n) is 7.08. The minimum atomic E-state index is -0.555. The zero-order valence-electron chi connectivity index (χ0n) is 12.0. The van der Waals surface area contributed by atoms with Gasteiger partial charge in [-0.1, -0.05) is 20.3 Å². The Bertz CT molecular complexity index is 494. The third-order valence-corrected chi connectivity index (χ3v) is 3.94. The summed E-state index contributed by atoms with van der Waals surface area (Å²) in [6.45, 7) is 5.30. The van der Waals surface area contributed by atoms with Crippen LogP contribution in [0.4, 0.5) is 17.5 Å². The molecule has 0 saturated carbocycles. The number of aromatic nitrogens is 2. The van der Waals surface area contributed by atoms with Crippen molar-refractivity contribution in [2.75, 3.05) is 17.2 Å². The van der Waals surface area contributed by atoms with Crippen molar-refractivity contribution in [3.8, 4) is 0 Å². The predicted octanol–water partition coefficient (Wildman–Crippen LogP) is 2.37. The van der Waals surface area contributed by atoms with E-state index in [1.54, 1.807) is 0 Å². The van der Waals surface area contributed by atoms with Crippen LogP contribution in [-0.2, 0) is 0 Å². The highest BCUT2D eigenvalue weighted by Crippen LogP contribution is 2.31. The van der Waals surface area contributed by atoms with E-state index in [1.807, 2.05) is 0 Å². The number of hydrogen-bond acceptors (Lipinski definition) is 6. The molecule has 1 saturated heterocycles. The lowest BCUT2D eigenvalue weighted by Gasteiger charge is -2.29. The predicted molar refractivity (Wildman–Crippen MR) is 77.5 cm³/mol. The molecule has 1 fully saturated rings. The fraction of sp³-hybridized carbons (Fsp3) is 0.692. The molecule has 2 heterocycles. The average Bonchev–Trinajstić information content (AvgIpc) is 2.87. The largest absolute Gasteiger partial charge is 0.378 e. The second-order valence-corrected chi connectivity index (χ2v) is 5.37. The number of nitrogens with zero attached hydrogens (tertiary/aromatic N) is 4. The number of nitrogens with two attached hydrogens (primary N) is 1.